The van der Waals surface area contributed by atoms with Gasteiger partial charge in [0, 0.05) is 29.2 Å². The normalized spacial score (nSPS) is 10.2. The van der Waals surface area contributed by atoms with Crippen molar-refractivity contribution in [2.45, 2.75) is 6.54 Å². The van der Waals surface area contributed by atoms with Gasteiger partial charge in [0.05, 0.1) is 0 Å². The van der Waals surface area contributed by atoms with Crippen LogP contribution in [0.25, 0.3) is 0 Å². The van der Waals surface area contributed by atoms with Gasteiger partial charge in [0.25, 0.3) is 5.56 Å². The Morgan fingerprint density at radius 3 is 2.95 bits per heavy atom. The molecular formula is C12H11ClN4O2. The van der Waals surface area contributed by atoms with Crippen LogP contribution >= 0.6 is 11.6 Å². The second kappa shape index (κ2) is 5.53. The van der Waals surface area contributed by atoms with Crippen LogP contribution in [0.2, 0.25) is 5.02 Å². The number of pyridine rings is 2. The van der Waals surface area contributed by atoms with Crippen molar-refractivity contribution in [3.63, 3.8) is 0 Å². The summed E-state index contributed by atoms with van der Waals surface area (Å²) in [4.78, 5) is 27.2. The molecule has 0 saturated carbocycles. The molecule has 1 amide bonds. The monoisotopic (exact) mass is 278 g/mol. The van der Waals surface area contributed by atoms with Gasteiger partial charge in [-0.1, -0.05) is 11.6 Å². The third kappa shape index (κ3) is 3.56. The topological polar surface area (TPSA) is 90.0 Å². The molecule has 0 aliphatic rings. The van der Waals surface area contributed by atoms with Gasteiger partial charge in [0.2, 0.25) is 5.91 Å². The number of nitrogens with two attached hydrogens (primary N) is 1. The van der Waals surface area contributed by atoms with Crippen molar-refractivity contribution in [1.29, 1.82) is 0 Å². The van der Waals surface area contributed by atoms with Crippen molar-refractivity contribution in [3.8, 4) is 0 Å². The average Bonchev–Trinajstić information content (AvgIpc) is 2.34. The van der Waals surface area contributed by atoms with E-state index in [4.69, 9.17) is 17.3 Å². The van der Waals surface area contributed by atoms with E-state index in [2.05, 4.69) is 10.3 Å². The molecule has 0 saturated heterocycles. The number of nitrogens with one attached hydrogen (secondary N) is 1. The fourth-order valence-corrected chi connectivity index (χ4v) is 1.64. The van der Waals surface area contributed by atoms with Gasteiger partial charge in [0.15, 0.2) is 0 Å². The maximum atomic E-state index is 11.8. The molecular weight excluding hydrogens is 268 g/mol. The second-order valence-electron chi connectivity index (χ2n) is 3.84. The van der Waals surface area contributed by atoms with Crippen LogP contribution in [0.1, 0.15) is 0 Å². The van der Waals surface area contributed by atoms with E-state index in [9.17, 15) is 9.59 Å². The molecule has 2 rings (SSSR count). The second-order valence-corrected chi connectivity index (χ2v) is 4.27. The summed E-state index contributed by atoms with van der Waals surface area (Å²) >= 11 is 5.77. The van der Waals surface area contributed by atoms with E-state index in [0.29, 0.717) is 16.5 Å². The third-order valence-corrected chi connectivity index (χ3v) is 2.54. The Hall–Kier alpha value is -2.34. The number of carbonyl (C=O) groups excluding carboxylic acids is 1. The van der Waals surface area contributed by atoms with Crippen LogP contribution in [0.3, 0.4) is 0 Å². The highest BCUT2D eigenvalue weighted by Gasteiger charge is 2.06. The summed E-state index contributed by atoms with van der Waals surface area (Å²) in [6.45, 7) is -0.141. The van der Waals surface area contributed by atoms with Gasteiger partial charge in [-0.25, -0.2) is 4.98 Å². The molecule has 98 valence electrons. The fourth-order valence-electron chi connectivity index (χ4n) is 1.48. The Morgan fingerprint density at radius 2 is 2.21 bits per heavy atom. The predicted molar refractivity (Wildman–Crippen MR) is 73.0 cm³/mol. The number of carbonyl (C=O) groups is 1. The van der Waals surface area contributed by atoms with Crippen LogP contribution in [0.15, 0.2) is 41.5 Å². The average molecular weight is 279 g/mol. The Balaban J connectivity index is 2.09. The molecule has 2 aromatic rings. The molecule has 0 atom stereocenters. The molecule has 0 aliphatic carbocycles. The largest absolute Gasteiger partial charge is 0.398 e. The molecule has 0 radical (unpaired) electrons. The van der Waals surface area contributed by atoms with Crippen molar-refractivity contribution in [2.24, 2.45) is 0 Å². The highest BCUT2D eigenvalue weighted by molar-refractivity contribution is 6.30. The molecule has 6 nitrogen and oxygen atoms in total. The lowest BCUT2D eigenvalue weighted by Crippen LogP contribution is -2.27. The SMILES string of the molecule is Nc1ccc(=O)n(CC(=O)Nc2cc(Cl)ccn2)c1. The zero-order valence-electron chi connectivity index (χ0n) is 9.84. The summed E-state index contributed by atoms with van der Waals surface area (Å²) in [5.74, 6) is -0.0584. The number of aromatic nitrogens is 2. The summed E-state index contributed by atoms with van der Waals surface area (Å²) in [7, 11) is 0. The van der Waals surface area contributed by atoms with Crippen LogP contribution < -0.4 is 16.6 Å². The van der Waals surface area contributed by atoms with Gasteiger partial charge in [-0.15, -0.1) is 0 Å². The van der Waals surface area contributed by atoms with Crippen molar-refractivity contribution in [2.75, 3.05) is 11.1 Å². The maximum absolute atomic E-state index is 11.8. The van der Waals surface area contributed by atoms with E-state index in [0.717, 1.165) is 0 Å². The first-order chi connectivity index (χ1) is 9.04. The molecule has 0 bridgehead atoms. The van der Waals surface area contributed by atoms with Crippen molar-refractivity contribution < 1.29 is 4.79 Å². The minimum atomic E-state index is -0.387. The lowest BCUT2D eigenvalue weighted by Gasteiger charge is -2.07. The van der Waals surface area contributed by atoms with Crippen molar-refractivity contribution >= 4 is 29.0 Å². The standard InChI is InChI=1S/C12H11ClN4O2/c13-8-3-4-15-10(5-8)16-11(18)7-17-6-9(14)1-2-12(17)19/h1-6H,7,14H2,(H,15,16,18). The van der Waals surface area contributed by atoms with Crippen LogP contribution in [0.4, 0.5) is 11.5 Å². The van der Waals surface area contributed by atoms with Gasteiger partial charge < -0.3 is 15.6 Å². The fraction of sp³-hybridized carbons (Fsp3) is 0.0833. The van der Waals surface area contributed by atoms with Crippen LogP contribution in [-0.4, -0.2) is 15.5 Å². The molecule has 0 spiro atoms. The number of amides is 1. The third-order valence-electron chi connectivity index (χ3n) is 2.31. The highest BCUT2D eigenvalue weighted by Crippen LogP contribution is 2.11. The molecule has 0 aromatic carbocycles. The smallest absolute Gasteiger partial charge is 0.251 e. The number of halogens is 1. The van der Waals surface area contributed by atoms with Gasteiger partial charge >= 0.3 is 0 Å². The molecule has 0 aliphatic heterocycles. The number of hydrogen-bond donors (Lipinski definition) is 2. The summed E-state index contributed by atoms with van der Waals surface area (Å²) in [5, 5.41) is 3.01. The summed E-state index contributed by atoms with van der Waals surface area (Å²) < 4.78 is 1.22. The summed E-state index contributed by atoms with van der Waals surface area (Å²) in [5.41, 5.74) is 5.66. The van der Waals surface area contributed by atoms with E-state index in [1.54, 1.807) is 6.07 Å². The number of anilines is 2. The summed E-state index contributed by atoms with van der Waals surface area (Å²) in [6, 6.07) is 5.90. The lowest BCUT2D eigenvalue weighted by atomic mass is 10.4. The first kappa shape index (κ1) is 13.1. The number of hydrogen-bond acceptors (Lipinski definition) is 4. The Bertz CT molecular complexity index is 669. The van der Waals surface area contributed by atoms with Crippen LogP contribution in [-0.2, 0) is 11.3 Å². The Kier molecular flexibility index (Phi) is 3.82. The zero-order chi connectivity index (χ0) is 13.8. The number of nitrogens with zero attached hydrogens (tertiary/aromatic N) is 2. The van der Waals surface area contributed by atoms with E-state index in [1.807, 2.05) is 0 Å². The van der Waals surface area contributed by atoms with Crippen LogP contribution in [0, 0.1) is 0 Å². The van der Waals surface area contributed by atoms with E-state index in [1.165, 1.54) is 35.2 Å². The van der Waals surface area contributed by atoms with Gasteiger partial charge in [-0.2, -0.15) is 0 Å². The minimum absolute atomic E-state index is 0.141. The first-order valence-corrected chi connectivity index (χ1v) is 5.80. The molecule has 0 fully saturated rings. The van der Waals surface area contributed by atoms with Gasteiger partial charge in [-0.05, 0) is 18.2 Å². The number of rotatable bonds is 3. The number of nitrogen functional groups attached to an aromatic ring is 1. The molecule has 19 heavy (non-hydrogen) atoms. The summed E-state index contributed by atoms with van der Waals surface area (Å²) in [6.07, 6.45) is 2.89. The molecule has 0 unspecified atom stereocenters. The minimum Gasteiger partial charge on any atom is -0.398 e. The predicted octanol–water partition coefficient (Wildman–Crippen LogP) is 1.12. The quantitative estimate of drug-likeness (QED) is 0.880. The van der Waals surface area contributed by atoms with Crippen molar-refractivity contribution in [3.05, 3.63) is 52.0 Å². The first-order valence-electron chi connectivity index (χ1n) is 5.42. The molecule has 3 N–H and O–H groups in total. The van der Waals surface area contributed by atoms with Gasteiger partial charge in [-0.3, -0.25) is 9.59 Å². The molecule has 2 heterocycles. The molecule has 2 aromatic heterocycles. The van der Waals surface area contributed by atoms with E-state index in [-0.39, 0.29) is 18.0 Å². The highest BCUT2D eigenvalue weighted by atomic mass is 35.5. The molecule has 7 heteroatoms. The van der Waals surface area contributed by atoms with E-state index >= 15 is 0 Å². The lowest BCUT2D eigenvalue weighted by molar-refractivity contribution is -0.116. The Morgan fingerprint density at radius 1 is 1.42 bits per heavy atom. The van der Waals surface area contributed by atoms with Gasteiger partial charge in [0.1, 0.15) is 12.4 Å². The maximum Gasteiger partial charge on any atom is 0.251 e. The zero-order valence-corrected chi connectivity index (χ0v) is 10.6. The van der Waals surface area contributed by atoms with Crippen LogP contribution in [0.5, 0.6) is 0 Å². The van der Waals surface area contributed by atoms with E-state index < -0.39 is 0 Å². The Labute approximate surface area is 113 Å². The van der Waals surface area contributed by atoms with Crippen molar-refractivity contribution in [1.82, 2.24) is 9.55 Å².